The second-order valence-electron chi connectivity index (χ2n) is 4.68. The lowest BCUT2D eigenvalue weighted by molar-refractivity contribution is -0.115. The number of benzene rings is 2. The normalized spacial score (nSPS) is 10.4. The third-order valence-electron chi connectivity index (χ3n) is 3.12. The van der Waals surface area contributed by atoms with Crippen LogP contribution in [0.1, 0.15) is 5.56 Å². The molecule has 0 atom stereocenters. The number of amides is 1. The van der Waals surface area contributed by atoms with Crippen LogP contribution in [0.25, 0.3) is 10.4 Å². The van der Waals surface area contributed by atoms with Crippen molar-refractivity contribution in [2.24, 2.45) is 0 Å². The Morgan fingerprint density at radius 1 is 1.14 bits per heavy atom. The molecule has 0 bridgehead atoms. The van der Waals surface area contributed by atoms with Gasteiger partial charge in [0.25, 0.3) is 0 Å². The van der Waals surface area contributed by atoms with Gasteiger partial charge in [-0.25, -0.2) is 0 Å². The molecule has 0 saturated carbocycles. The highest BCUT2D eigenvalue weighted by atomic mass is 79.9. The molecule has 4 nitrogen and oxygen atoms in total. The Balaban J connectivity index is 1.66. The van der Waals surface area contributed by atoms with Crippen molar-refractivity contribution in [1.82, 2.24) is 9.59 Å². The van der Waals surface area contributed by atoms with Gasteiger partial charge in [0.05, 0.1) is 17.5 Å². The quantitative estimate of drug-likeness (QED) is 0.747. The smallest absolute Gasteiger partial charge is 0.228 e. The number of carbonyl (C=O) groups is 1. The van der Waals surface area contributed by atoms with Gasteiger partial charge in [-0.1, -0.05) is 50.8 Å². The van der Waals surface area contributed by atoms with Crippen LogP contribution in [-0.2, 0) is 11.2 Å². The molecule has 110 valence electrons. The van der Waals surface area contributed by atoms with Gasteiger partial charge in [0.1, 0.15) is 0 Å². The van der Waals surface area contributed by atoms with E-state index in [1.165, 1.54) is 11.5 Å². The van der Waals surface area contributed by atoms with Crippen LogP contribution in [0.15, 0.2) is 59.2 Å². The van der Waals surface area contributed by atoms with Crippen molar-refractivity contribution in [3.8, 4) is 10.4 Å². The number of nitrogens with zero attached hydrogens (tertiary/aromatic N) is 2. The lowest BCUT2D eigenvalue weighted by Crippen LogP contribution is -2.14. The summed E-state index contributed by atoms with van der Waals surface area (Å²) in [6.45, 7) is 0. The highest BCUT2D eigenvalue weighted by Crippen LogP contribution is 2.23. The van der Waals surface area contributed by atoms with Crippen molar-refractivity contribution in [3.63, 3.8) is 0 Å². The number of anilines is 1. The number of aromatic nitrogens is 2. The van der Waals surface area contributed by atoms with Crippen LogP contribution in [0.3, 0.4) is 0 Å². The minimum Gasteiger partial charge on any atom is -0.326 e. The molecule has 0 aliphatic carbocycles. The first-order valence-electron chi connectivity index (χ1n) is 6.63. The van der Waals surface area contributed by atoms with E-state index in [4.69, 9.17) is 0 Å². The third-order valence-corrected chi connectivity index (χ3v) is 4.61. The molecule has 6 heteroatoms. The zero-order valence-electron chi connectivity index (χ0n) is 11.5. The van der Waals surface area contributed by atoms with Crippen LogP contribution in [0.5, 0.6) is 0 Å². The number of hydrogen-bond donors (Lipinski definition) is 1. The number of halogens is 1. The monoisotopic (exact) mass is 373 g/mol. The van der Waals surface area contributed by atoms with Gasteiger partial charge in [0.15, 0.2) is 0 Å². The molecule has 0 fully saturated rings. The average Bonchev–Trinajstić information content (AvgIpc) is 3.05. The molecule has 0 spiro atoms. The summed E-state index contributed by atoms with van der Waals surface area (Å²) in [5, 5.41) is 6.72. The maximum Gasteiger partial charge on any atom is 0.228 e. The molecule has 2 aromatic carbocycles. The highest BCUT2D eigenvalue weighted by Gasteiger charge is 2.07. The van der Waals surface area contributed by atoms with Gasteiger partial charge in [-0.05, 0) is 40.9 Å². The van der Waals surface area contributed by atoms with E-state index in [-0.39, 0.29) is 5.91 Å². The van der Waals surface area contributed by atoms with E-state index in [0.717, 1.165) is 26.2 Å². The van der Waals surface area contributed by atoms with E-state index < -0.39 is 0 Å². The summed E-state index contributed by atoms with van der Waals surface area (Å²) in [4.78, 5) is 13.1. The van der Waals surface area contributed by atoms with Crippen LogP contribution in [-0.4, -0.2) is 15.5 Å². The Bertz CT molecular complexity index is 772. The number of rotatable bonds is 4. The Morgan fingerprint density at radius 2 is 1.91 bits per heavy atom. The number of hydrogen-bond acceptors (Lipinski definition) is 4. The van der Waals surface area contributed by atoms with Gasteiger partial charge < -0.3 is 5.32 Å². The van der Waals surface area contributed by atoms with Crippen molar-refractivity contribution in [3.05, 3.63) is 64.8 Å². The van der Waals surface area contributed by atoms with Crippen molar-refractivity contribution in [2.45, 2.75) is 6.42 Å². The molecule has 22 heavy (non-hydrogen) atoms. The summed E-state index contributed by atoms with van der Waals surface area (Å²) < 4.78 is 4.78. The summed E-state index contributed by atoms with van der Waals surface area (Å²) in [5.41, 5.74) is 2.78. The lowest BCUT2D eigenvalue weighted by atomic mass is 10.1. The maximum absolute atomic E-state index is 12.1. The van der Waals surface area contributed by atoms with Gasteiger partial charge in [-0.2, -0.15) is 0 Å². The minimum absolute atomic E-state index is 0.0425. The van der Waals surface area contributed by atoms with Crippen molar-refractivity contribution in [1.29, 1.82) is 0 Å². The predicted octanol–water partition coefficient (Wildman–Crippen LogP) is 4.15. The van der Waals surface area contributed by atoms with Gasteiger partial charge in [-0.15, -0.1) is 5.10 Å². The van der Waals surface area contributed by atoms with E-state index >= 15 is 0 Å². The van der Waals surface area contributed by atoms with Gasteiger partial charge in [-0.3, -0.25) is 4.79 Å². The summed E-state index contributed by atoms with van der Waals surface area (Å²) in [7, 11) is 0. The Labute approximate surface area is 140 Å². The zero-order valence-corrected chi connectivity index (χ0v) is 13.9. The van der Waals surface area contributed by atoms with Crippen molar-refractivity contribution >= 4 is 39.1 Å². The first-order valence-corrected chi connectivity index (χ1v) is 8.20. The SMILES string of the molecule is O=C(Cc1ccccc1Br)Nc1ccc(-c2cnns2)cc1. The minimum atomic E-state index is -0.0425. The molecule has 1 amide bonds. The highest BCUT2D eigenvalue weighted by molar-refractivity contribution is 9.10. The Morgan fingerprint density at radius 3 is 2.59 bits per heavy atom. The molecule has 3 rings (SSSR count). The van der Waals surface area contributed by atoms with Crippen LogP contribution >= 0.6 is 27.5 Å². The number of carbonyl (C=O) groups excluding carboxylic acids is 1. The second kappa shape index (κ2) is 6.81. The summed E-state index contributed by atoms with van der Waals surface area (Å²) in [6.07, 6.45) is 2.06. The summed E-state index contributed by atoms with van der Waals surface area (Å²) >= 11 is 4.80. The van der Waals surface area contributed by atoms with E-state index in [1.54, 1.807) is 6.20 Å². The molecule has 0 radical (unpaired) electrons. The fraction of sp³-hybridized carbons (Fsp3) is 0.0625. The summed E-state index contributed by atoms with van der Waals surface area (Å²) in [6, 6.07) is 15.4. The molecule has 3 aromatic rings. The molecular formula is C16H12BrN3OS. The fourth-order valence-corrected chi connectivity index (χ4v) is 2.98. The predicted molar refractivity (Wildman–Crippen MR) is 91.8 cm³/mol. The molecule has 1 aromatic heterocycles. The van der Waals surface area contributed by atoms with Crippen LogP contribution in [0.2, 0.25) is 0 Å². The standard InChI is InChI=1S/C16H12BrN3OS/c17-14-4-2-1-3-12(14)9-16(21)19-13-7-5-11(6-8-13)15-10-18-20-22-15/h1-8,10H,9H2,(H,19,21). The first-order chi connectivity index (χ1) is 10.7. The van der Waals surface area contributed by atoms with E-state index in [2.05, 4.69) is 30.8 Å². The molecule has 0 aliphatic rings. The van der Waals surface area contributed by atoms with Gasteiger partial charge >= 0.3 is 0 Å². The largest absolute Gasteiger partial charge is 0.326 e. The van der Waals surface area contributed by atoms with Crippen LogP contribution in [0.4, 0.5) is 5.69 Å². The molecule has 0 unspecified atom stereocenters. The van der Waals surface area contributed by atoms with Crippen molar-refractivity contribution in [2.75, 3.05) is 5.32 Å². The van der Waals surface area contributed by atoms with Crippen LogP contribution in [0, 0.1) is 0 Å². The summed E-state index contributed by atoms with van der Waals surface area (Å²) in [5.74, 6) is -0.0425. The topological polar surface area (TPSA) is 54.9 Å². The van der Waals surface area contributed by atoms with E-state index in [0.29, 0.717) is 6.42 Å². The van der Waals surface area contributed by atoms with Gasteiger partial charge in [0, 0.05) is 10.2 Å². The van der Waals surface area contributed by atoms with E-state index in [9.17, 15) is 4.79 Å². The first kappa shape index (κ1) is 14.9. The third kappa shape index (κ3) is 3.58. The molecule has 0 aliphatic heterocycles. The van der Waals surface area contributed by atoms with Crippen molar-refractivity contribution < 1.29 is 4.79 Å². The lowest BCUT2D eigenvalue weighted by Gasteiger charge is -2.07. The Hall–Kier alpha value is -2.05. The van der Waals surface area contributed by atoms with E-state index in [1.807, 2.05) is 48.5 Å². The molecule has 1 N–H and O–H groups in total. The van der Waals surface area contributed by atoms with Crippen LogP contribution < -0.4 is 5.32 Å². The zero-order chi connectivity index (χ0) is 15.4. The molecule has 1 heterocycles. The Kier molecular flexibility index (Phi) is 4.60. The van der Waals surface area contributed by atoms with Gasteiger partial charge in [0.2, 0.25) is 5.91 Å². The second-order valence-corrected chi connectivity index (χ2v) is 6.32. The molecular weight excluding hydrogens is 362 g/mol. The fourth-order valence-electron chi connectivity index (χ4n) is 2.03. The maximum atomic E-state index is 12.1. The average molecular weight is 374 g/mol. The number of nitrogens with one attached hydrogen (secondary N) is 1. The molecule has 0 saturated heterocycles.